The second kappa shape index (κ2) is 12.3. The van der Waals surface area contributed by atoms with Crippen LogP contribution in [0.5, 0.6) is 0 Å². The van der Waals surface area contributed by atoms with E-state index in [0.29, 0.717) is 0 Å². The lowest BCUT2D eigenvalue weighted by Crippen LogP contribution is -2.25. The van der Waals surface area contributed by atoms with E-state index < -0.39 is 7.05 Å². The lowest BCUT2D eigenvalue weighted by molar-refractivity contribution is 0.671. The number of benzene rings is 6. The van der Waals surface area contributed by atoms with Gasteiger partial charge in [0.15, 0.2) is 0 Å². The Bertz CT molecular complexity index is 2280. The highest BCUT2D eigenvalue weighted by atomic mass is 31.2. The van der Waals surface area contributed by atoms with Gasteiger partial charge in [-0.15, -0.1) is 0 Å². The van der Waals surface area contributed by atoms with E-state index in [1.165, 1.54) is 44.0 Å². The Morgan fingerprint density at radius 3 is 1.55 bits per heavy atom. The smallest absolute Gasteiger partial charge is 0.145 e. The molecule has 0 saturated carbocycles. The summed E-state index contributed by atoms with van der Waals surface area (Å²) in [5, 5.41) is 5.64. The first-order valence-corrected chi connectivity index (χ1v) is 17.9. The zero-order valence-corrected chi connectivity index (χ0v) is 28.8. The van der Waals surface area contributed by atoms with E-state index in [-0.39, 0.29) is 0 Å². The molecular formula is C43H39N2OP. The second-order valence-electron chi connectivity index (χ2n) is 12.6. The Kier molecular flexibility index (Phi) is 8.04. The van der Waals surface area contributed by atoms with Gasteiger partial charge in [0.2, 0.25) is 0 Å². The van der Waals surface area contributed by atoms with E-state index in [4.69, 9.17) is 14.2 Å². The quantitative estimate of drug-likeness (QED) is 0.133. The molecule has 7 rings (SSSR count). The molecule has 0 aliphatic rings. The Balaban J connectivity index is 1.56. The van der Waals surface area contributed by atoms with Gasteiger partial charge in [0, 0.05) is 38.5 Å². The van der Waals surface area contributed by atoms with Gasteiger partial charge in [0.05, 0.1) is 18.4 Å². The van der Waals surface area contributed by atoms with Gasteiger partial charge in [-0.2, -0.15) is 0 Å². The monoisotopic (exact) mass is 630 g/mol. The van der Waals surface area contributed by atoms with Crippen molar-refractivity contribution in [1.82, 2.24) is 0 Å². The summed E-state index contributed by atoms with van der Waals surface area (Å²) in [6, 6.07) is 43.3. The number of rotatable bonds is 6. The van der Waals surface area contributed by atoms with Gasteiger partial charge < -0.3 is 4.42 Å². The van der Waals surface area contributed by atoms with Crippen molar-refractivity contribution in [2.45, 2.75) is 41.5 Å². The van der Waals surface area contributed by atoms with Crippen LogP contribution < -0.4 is 15.9 Å². The molecule has 232 valence electrons. The van der Waals surface area contributed by atoms with Crippen LogP contribution in [-0.4, -0.2) is 6.21 Å². The number of fused-ring (bicyclic) bond motifs is 3. The Morgan fingerprint density at radius 2 is 1.00 bits per heavy atom. The van der Waals surface area contributed by atoms with Crippen LogP contribution in [0.4, 0.5) is 11.4 Å². The zero-order chi connectivity index (χ0) is 32.7. The molecule has 0 fully saturated rings. The highest BCUT2D eigenvalue weighted by molar-refractivity contribution is 7.87. The SMILES string of the molecule is Cc1cc(C)c(N=Cc2cccc3c2oc2c(P(=Nc4c(C)cc(C)cc4C)(c4ccccc4)c4ccccc4)cccc23)c(C)c1. The van der Waals surface area contributed by atoms with Crippen molar-refractivity contribution in [3.8, 4) is 0 Å². The minimum Gasteiger partial charge on any atom is -0.455 e. The van der Waals surface area contributed by atoms with Crippen molar-refractivity contribution in [3.05, 3.63) is 160 Å². The molecule has 4 heteroatoms. The maximum atomic E-state index is 7.03. The van der Waals surface area contributed by atoms with Crippen molar-refractivity contribution in [3.63, 3.8) is 0 Å². The third-order valence-corrected chi connectivity index (χ3v) is 12.6. The number of aliphatic imine (C=N–C) groups is 1. The molecule has 1 aromatic heterocycles. The normalized spacial score (nSPS) is 12.0. The fraction of sp³-hybridized carbons (Fsp3) is 0.140. The summed E-state index contributed by atoms with van der Waals surface area (Å²) in [5.74, 6) is 0. The van der Waals surface area contributed by atoms with Gasteiger partial charge in [-0.25, -0.2) is 0 Å². The van der Waals surface area contributed by atoms with E-state index in [1.54, 1.807) is 0 Å². The topological polar surface area (TPSA) is 37.9 Å². The average Bonchev–Trinajstić information content (AvgIpc) is 3.45. The fourth-order valence-corrected chi connectivity index (χ4v) is 10.8. The lowest BCUT2D eigenvalue weighted by atomic mass is 10.1. The van der Waals surface area contributed by atoms with Crippen molar-refractivity contribution in [1.29, 1.82) is 0 Å². The predicted molar refractivity (Wildman–Crippen MR) is 203 cm³/mol. The molecule has 47 heavy (non-hydrogen) atoms. The van der Waals surface area contributed by atoms with Gasteiger partial charge in [-0.1, -0.05) is 120 Å². The van der Waals surface area contributed by atoms with Gasteiger partial charge in [0.25, 0.3) is 0 Å². The Hall–Kier alpha value is -4.98. The van der Waals surface area contributed by atoms with E-state index in [1.807, 2.05) is 6.21 Å². The summed E-state index contributed by atoms with van der Waals surface area (Å²) in [6.07, 6.45) is 1.95. The van der Waals surface area contributed by atoms with E-state index in [0.717, 1.165) is 44.2 Å². The largest absolute Gasteiger partial charge is 0.455 e. The number of hydrogen-bond acceptors (Lipinski definition) is 3. The summed E-state index contributed by atoms with van der Waals surface area (Å²) < 4.78 is 12.9. The van der Waals surface area contributed by atoms with Crippen LogP contribution in [0.2, 0.25) is 0 Å². The molecular weight excluding hydrogens is 591 g/mol. The minimum atomic E-state index is -2.64. The standard InChI is InChI=1S/C43H39N2OP/c1-28-23-30(3)40(31(4)24-28)44-27-34-15-13-20-37-38-21-14-22-39(43(38)46-42(34)37)47(35-16-9-7-10-17-35,36-18-11-8-12-19-36)45-41-32(5)25-29(2)26-33(41)6/h7-27H,1-6H3. The van der Waals surface area contributed by atoms with Crippen LogP contribution >= 0.6 is 7.05 Å². The van der Waals surface area contributed by atoms with Crippen LogP contribution in [0.25, 0.3) is 21.9 Å². The average molecular weight is 631 g/mol. The summed E-state index contributed by atoms with van der Waals surface area (Å²) in [6.45, 7) is 12.9. The molecule has 0 saturated heterocycles. The van der Waals surface area contributed by atoms with Crippen LogP contribution in [0.3, 0.4) is 0 Å². The number of nitrogens with zero attached hydrogens (tertiary/aromatic N) is 2. The van der Waals surface area contributed by atoms with E-state index in [2.05, 4.69) is 163 Å². The first-order valence-electron chi connectivity index (χ1n) is 16.1. The van der Waals surface area contributed by atoms with Crippen LogP contribution in [0.1, 0.15) is 38.9 Å². The maximum absolute atomic E-state index is 7.03. The van der Waals surface area contributed by atoms with E-state index in [9.17, 15) is 0 Å². The zero-order valence-electron chi connectivity index (χ0n) is 27.9. The van der Waals surface area contributed by atoms with Crippen LogP contribution in [0.15, 0.2) is 135 Å². The molecule has 0 radical (unpaired) electrons. The van der Waals surface area contributed by atoms with Gasteiger partial charge >= 0.3 is 0 Å². The summed E-state index contributed by atoms with van der Waals surface area (Å²) in [5.41, 5.74) is 11.9. The first-order chi connectivity index (χ1) is 22.8. The third kappa shape index (κ3) is 5.45. The molecule has 0 atom stereocenters. The van der Waals surface area contributed by atoms with Gasteiger partial charge in [-0.05, 0) is 75.9 Å². The van der Waals surface area contributed by atoms with Crippen molar-refractivity contribution in [2.24, 2.45) is 9.74 Å². The van der Waals surface area contributed by atoms with Crippen molar-refractivity contribution >= 4 is 62.5 Å². The summed E-state index contributed by atoms with van der Waals surface area (Å²) >= 11 is 0. The molecule has 6 aromatic carbocycles. The molecule has 0 aliphatic heterocycles. The number of hydrogen-bond donors (Lipinski definition) is 0. The highest BCUT2D eigenvalue weighted by Crippen LogP contribution is 2.52. The maximum Gasteiger partial charge on any atom is 0.145 e. The summed E-state index contributed by atoms with van der Waals surface area (Å²) in [4.78, 5) is 4.99. The number of para-hydroxylation sites is 2. The molecule has 0 spiro atoms. The number of furan rings is 1. The van der Waals surface area contributed by atoms with Gasteiger partial charge in [-0.3, -0.25) is 9.74 Å². The molecule has 0 amide bonds. The third-order valence-electron chi connectivity index (χ3n) is 9.00. The molecule has 1 heterocycles. The highest BCUT2D eigenvalue weighted by Gasteiger charge is 2.32. The van der Waals surface area contributed by atoms with Gasteiger partial charge in [0.1, 0.15) is 11.2 Å². The molecule has 0 unspecified atom stereocenters. The Labute approximate surface area is 277 Å². The van der Waals surface area contributed by atoms with Crippen LogP contribution in [-0.2, 0) is 0 Å². The molecule has 0 bridgehead atoms. The minimum absolute atomic E-state index is 0.836. The lowest BCUT2D eigenvalue weighted by Gasteiger charge is -2.28. The predicted octanol–water partition coefficient (Wildman–Crippen LogP) is 11.0. The van der Waals surface area contributed by atoms with E-state index >= 15 is 0 Å². The second-order valence-corrected chi connectivity index (χ2v) is 15.6. The van der Waals surface area contributed by atoms with Crippen molar-refractivity contribution < 1.29 is 4.42 Å². The number of aryl methyl sites for hydroxylation is 6. The van der Waals surface area contributed by atoms with Crippen molar-refractivity contribution in [2.75, 3.05) is 0 Å². The molecule has 0 aliphatic carbocycles. The molecule has 7 aromatic rings. The molecule has 0 N–H and O–H groups in total. The van der Waals surface area contributed by atoms with Crippen LogP contribution in [0, 0.1) is 41.5 Å². The first kappa shape index (κ1) is 30.7. The summed E-state index contributed by atoms with van der Waals surface area (Å²) in [7, 11) is -2.64. The molecule has 3 nitrogen and oxygen atoms in total. The fourth-order valence-electron chi connectivity index (χ4n) is 7.06. The Morgan fingerprint density at radius 1 is 0.511 bits per heavy atom.